The lowest BCUT2D eigenvalue weighted by Crippen LogP contribution is -2.38. The van der Waals surface area contributed by atoms with Crippen LogP contribution in [0.5, 0.6) is 11.5 Å². The molecule has 1 atom stereocenters. The standard InChI is InChI=1S/C17H24N2O3/c1-12(2)17(20)18-10-14(19-7-3-4-8-19)13-5-6-15-16(9-13)22-11-21-15/h5-6,9,12,14H,3-4,7-8,10-11H2,1-2H3,(H,18,20)/t14-/m0/s1. The van der Waals surface area contributed by atoms with E-state index in [-0.39, 0.29) is 24.7 Å². The van der Waals surface area contributed by atoms with Crippen molar-refractivity contribution in [3.05, 3.63) is 23.8 Å². The number of amides is 1. The van der Waals surface area contributed by atoms with Crippen LogP contribution in [0.25, 0.3) is 0 Å². The van der Waals surface area contributed by atoms with E-state index in [4.69, 9.17) is 9.47 Å². The Bertz CT molecular complexity index is 539. The maximum atomic E-state index is 11.9. The largest absolute Gasteiger partial charge is 0.454 e. The Morgan fingerprint density at radius 1 is 1.23 bits per heavy atom. The first kappa shape index (κ1) is 15.2. The van der Waals surface area contributed by atoms with E-state index in [0.29, 0.717) is 6.54 Å². The van der Waals surface area contributed by atoms with Crippen LogP contribution in [0.2, 0.25) is 0 Å². The van der Waals surface area contributed by atoms with E-state index in [0.717, 1.165) is 24.6 Å². The summed E-state index contributed by atoms with van der Waals surface area (Å²) in [5.41, 5.74) is 1.18. The van der Waals surface area contributed by atoms with E-state index in [1.165, 1.54) is 18.4 Å². The van der Waals surface area contributed by atoms with Crippen LogP contribution in [-0.2, 0) is 4.79 Å². The number of nitrogens with zero attached hydrogens (tertiary/aromatic N) is 1. The molecule has 2 aliphatic rings. The van der Waals surface area contributed by atoms with Gasteiger partial charge in [-0.3, -0.25) is 9.69 Å². The molecule has 1 saturated heterocycles. The zero-order valence-corrected chi connectivity index (χ0v) is 13.3. The van der Waals surface area contributed by atoms with Gasteiger partial charge in [0.25, 0.3) is 0 Å². The molecule has 3 rings (SSSR count). The number of carbonyl (C=O) groups excluding carboxylic acids is 1. The number of likely N-dealkylation sites (tertiary alicyclic amines) is 1. The highest BCUT2D eigenvalue weighted by molar-refractivity contribution is 5.77. The van der Waals surface area contributed by atoms with Crippen LogP contribution < -0.4 is 14.8 Å². The maximum absolute atomic E-state index is 11.9. The van der Waals surface area contributed by atoms with Crippen molar-refractivity contribution in [2.45, 2.75) is 32.7 Å². The summed E-state index contributed by atoms with van der Waals surface area (Å²) in [4.78, 5) is 14.3. The molecule has 5 heteroatoms. The van der Waals surface area contributed by atoms with E-state index in [1.54, 1.807) is 0 Å². The van der Waals surface area contributed by atoms with Gasteiger partial charge in [-0.15, -0.1) is 0 Å². The lowest BCUT2D eigenvalue weighted by molar-refractivity contribution is -0.124. The molecule has 0 unspecified atom stereocenters. The van der Waals surface area contributed by atoms with Crippen molar-refractivity contribution < 1.29 is 14.3 Å². The van der Waals surface area contributed by atoms with E-state index >= 15 is 0 Å². The van der Waals surface area contributed by atoms with Crippen molar-refractivity contribution in [2.75, 3.05) is 26.4 Å². The minimum Gasteiger partial charge on any atom is -0.454 e. The monoisotopic (exact) mass is 304 g/mol. The molecule has 120 valence electrons. The number of ether oxygens (including phenoxy) is 2. The quantitative estimate of drug-likeness (QED) is 0.907. The van der Waals surface area contributed by atoms with E-state index in [9.17, 15) is 4.79 Å². The molecule has 0 aromatic heterocycles. The van der Waals surface area contributed by atoms with Gasteiger partial charge in [0.1, 0.15) is 0 Å². The third-order valence-electron chi connectivity index (χ3n) is 4.36. The Labute approximate surface area is 131 Å². The Balaban J connectivity index is 1.77. The third-order valence-corrected chi connectivity index (χ3v) is 4.36. The van der Waals surface area contributed by atoms with Gasteiger partial charge in [-0.2, -0.15) is 0 Å². The lowest BCUT2D eigenvalue weighted by Gasteiger charge is -2.28. The van der Waals surface area contributed by atoms with Crippen molar-refractivity contribution in [1.82, 2.24) is 10.2 Å². The second kappa shape index (κ2) is 6.57. The summed E-state index contributed by atoms with van der Waals surface area (Å²) in [5.74, 6) is 1.72. The molecule has 0 radical (unpaired) electrons. The minimum atomic E-state index is 0.0102. The van der Waals surface area contributed by atoms with Gasteiger partial charge in [-0.05, 0) is 43.6 Å². The molecule has 1 N–H and O–H groups in total. The van der Waals surface area contributed by atoms with Gasteiger partial charge in [-0.1, -0.05) is 19.9 Å². The van der Waals surface area contributed by atoms with Crippen molar-refractivity contribution in [1.29, 1.82) is 0 Å². The fourth-order valence-corrected chi connectivity index (χ4v) is 3.03. The highest BCUT2D eigenvalue weighted by Gasteiger charge is 2.26. The molecule has 0 bridgehead atoms. The second-order valence-corrected chi connectivity index (χ2v) is 6.27. The molecular weight excluding hydrogens is 280 g/mol. The van der Waals surface area contributed by atoms with Gasteiger partial charge in [0, 0.05) is 12.5 Å². The molecule has 0 aliphatic carbocycles. The van der Waals surface area contributed by atoms with Gasteiger partial charge in [-0.25, -0.2) is 0 Å². The lowest BCUT2D eigenvalue weighted by atomic mass is 10.0. The first-order valence-electron chi connectivity index (χ1n) is 8.06. The second-order valence-electron chi connectivity index (χ2n) is 6.27. The first-order valence-corrected chi connectivity index (χ1v) is 8.06. The molecule has 0 spiro atoms. The van der Waals surface area contributed by atoms with Crippen LogP contribution in [0.3, 0.4) is 0 Å². The van der Waals surface area contributed by atoms with E-state index in [1.807, 2.05) is 26.0 Å². The van der Waals surface area contributed by atoms with Gasteiger partial charge < -0.3 is 14.8 Å². The van der Waals surface area contributed by atoms with Crippen LogP contribution in [0.1, 0.15) is 38.3 Å². The zero-order chi connectivity index (χ0) is 15.5. The average Bonchev–Trinajstić information content (AvgIpc) is 3.17. The Hall–Kier alpha value is -1.75. The fourth-order valence-electron chi connectivity index (χ4n) is 3.03. The summed E-state index contributed by atoms with van der Waals surface area (Å²) in [6.07, 6.45) is 2.44. The summed E-state index contributed by atoms with van der Waals surface area (Å²) >= 11 is 0. The van der Waals surface area contributed by atoms with Crippen LogP contribution in [0, 0.1) is 5.92 Å². The number of nitrogens with one attached hydrogen (secondary N) is 1. The molecule has 1 fully saturated rings. The highest BCUT2D eigenvalue weighted by atomic mass is 16.7. The van der Waals surface area contributed by atoms with Gasteiger partial charge in [0.05, 0.1) is 6.04 Å². The topological polar surface area (TPSA) is 50.8 Å². The number of hydrogen-bond acceptors (Lipinski definition) is 4. The molecule has 1 aromatic rings. The molecule has 5 nitrogen and oxygen atoms in total. The zero-order valence-electron chi connectivity index (χ0n) is 13.3. The normalized spacial score (nSPS) is 18.7. The molecule has 0 saturated carbocycles. The average molecular weight is 304 g/mol. The Morgan fingerprint density at radius 2 is 1.95 bits per heavy atom. The van der Waals surface area contributed by atoms with E-state index in [2.05, 4.69) is 16.3 Å². The van der Waals surface area contributed by atoms with Crippen LogP contribution >= 0.6 is 0 Å². The summed E-state index contributed by atoms with van der Waals surface area (Å²) < 4.78 is 10.9. The van der Waals surface area contributed by atoms with Crippen molar-refractivity contribution in [3.8, 4) is 11.5 Å². The van der Waals surface area contributed by atoms with Gasteiger partial charge >= 0.3 is 0 Å². The number of fused-ring (bicyclic) bond motifs is 1. The first-order chi connectivity index (χ1) is 10.6. The van der Waals surface area contributed by atoms with Crippen molar-refractivity contribution in [2.24, 2.45) is 5.92 Å². The SMILES string of the molecule is CC(C)C(=O)NC[C@@H](c1ccc2c(c1)OCO2)N1CCCC1. The number of hydrogen-bond donors (Lipinski definition) is 1. The smallest absolute Gasteiger partial charge is 0.231 e. The summed E-state index contributed by atoms with van der Waals surface area (Å²) in [6, 6.07) is 6.29. The highest BCUT2D eigenvalue weighted by Crippen LogP contribution is 2.36. The van der Waals surface area contributed by atoms with Gasteiger partial charge in [0.15, 0.2) is 11.5 Å². The number of benzene rings is 1. The summed E-state index contributed by atoms with van der Waals surface area (Å²) in [6.45, 7) is 6.92. The summed E-state index contributed by atoms with van der Waals surface area (Å²) in [5, 5.41) is 3.07. The molecule has 2 heterocycles. The van der Waals surface area contributed by atoms with Crippen LogP contribution in [0.15, 0.2) is 18.2 Å². The van der Waals surface area contributed by atoms with Gasteiger partial charge in [0.2, 0.25) is 12.7 Å². The third kappa shape index (κ3) is 3.19. The number of rotatable bonds is 5. The van der Waals surface area contributed by atoms with Crippen LogP contribution in [0.4, 0.5) is 0 Å². The number of carbonyl (C=O) groups is 1. The van der Waals surface area contributed by atoms with Crippen LogP contribution in [-0.4, -0.2) is 37.2 Å². The molecule has 1 amide bonds. The fraction of sp³-hybridized carbons (Fsp3) is 0.588. The maximum Gasteiger partial charge on any atom is 0.231 e. The molecule has 22 heavy (non-hydrogen) atoms. The van der Waals surface area contributed by atoms with E-state index < -0.39 is 0 Å². The molecular formula is C17H24N2O3. The molecule has 1 aromatic carbocycles. The Kier molecular flexibility index (Phi) is 4.52. The Morgan fingerprint density at radius 3 is 2.68 bits per heavy atom. The van der Waals surface area contributed by atoms with Crippen molar-refractivity contribution in [3.63, 3.8) is 0 Å². The summed E-state index contributed by atoms with van der Waals surface area (Å²) in [7, 11) is 0. The molecule has 2 aliphatic heterocycles. The predicted octanol–water partition coefficient (Wildman–Crippen LogP) is 2.32. The van der Waals surface area contributed by atoms with Crippen molar-refractivity contribution >= 4 is 5.91 Å². The minimum absolute atomic E-state index is 0.0102. The predicted molar refractivity (Wildman–Crippen MR) is 84.0 cm³/mol.